The van der Waals surface area contributed by atoms with Crippen molar-refractivity contribution >= 4 is 17.7 Å². The number of ether oxygens (including phenoxy) is 2. The molecule has 2 fully saturated rings. The summed E-state index contributed by atoms with van der Waals surface area (Å²) in [6, 6.07) is 6.16. The molecule has 0 spiro atoms. The van der Waals surface area contributed by atoms with Crippen LogP contribution in [0.25, 0.3) is 0 Å². The Labute approximate surface area is 161 Å². The van der Waals surface area contributed by atoms with Crippen molar-refractivity contribution in [1.82, 2.24) is 10.6 Å². The van der Waals surface area contributed by atoms with Gasteiger partial charge >= 0.3 is 0 Å². The highest BCUT2D eigenvalue weighted by atomic mass is 32.2. The number of aliphatic imine (C=N–C) groups is 1. The average Bonchev–Trinajstić information content (AvgIpc) is 3.36. The van der Waals surface area contributed by atoms with Crippen molar-refractivity contribution in [1.29, 1.82) is 0 Å². The molecular formula is C20H31N3O2S. The summed E-state index contributed by atoms with van der Waals surface area (Å²) in [5.74, 6) is 3.80. The highest BCUT2D eigenvalue weighted by Gasteiger charge is 2.19. The van der Waals surface area contributed by atoms with Gasteiger partial charge in [-0.3, -0.25) is 4.99 Å². The fraction of sp³-hybridized carbons (Fsp3) is 0.650. The molecular weight excluding hydrogens is 346 g/mol. The minimum Gasteiger partial charge on any atom is -0.493 e. The fourth-order valence-electron chi connectivity index (χ4n) is 3.53. The molecule has 0 amide bonds. The molecule has 2 N–H and O–H groups in total. The van der Waals surface area contributed by atoms with Crippen molar-refractivity contribution in [2.75, 3.05) is 26.5 Å². The van der Waals surface area contributed by atoms with Gasteiger partial charge < -0.3 is 20.1 Å². The lowest BCUT2D eigenvalue weighted by molar-refractivity contribution is 0.200. The van der Waals surface area contributed by atoms with E-state index in [1.54, 1.807) is 7.11 Å². The van der Waals surface area contributed by atoms with Gasteiger partial charge in [-0.1, -0.05) is 6.07 Å². The topological polar surface area (TPSA) is 54.9 Å². The molecule has 1 aromatic rings. The highest BCUT2D eigenvalue weighted by molar-refractivity contribution is 8.00. The minimum absolute atomic E-state index is 0.324. The minimum atomic E-state index is 0.324. The number of nitrogens with one attached hydrogen (secondary N) is 2. The normalized spacial score (nSPS) is 21.0. The summed E-state index contributed by atoms with van der Waals surface area (Å²) in [6.45, 7) is 1.69. The van der Waals surface area contributed by atoms with Crippen LogP contribution in [0, 0.1) is 0 Å². The van der Waals surface area contributed by atoms with E-state index in [-0.39, 0.29) is 0 Å². The molecule has 1 saturated heterocycles. The Morgan fingerprint density at radius 1 is 1.15 bits per heavy atom. The van der Waals surface area contributed by atoms with Gasteiger partial charge in [-0.15, -0.1) is 0 Å². The molecule has 1 aliphatic carbocycles. The van der Waals surface area contributed by atoms with Crippen LogP contribution in [0.2, 0.25) is 0 Å². The Bertz CT molecular complexity index is 597. The third kappa shape index (κ3) is 5.47. The standard InChI is InChI=1S/C20H31N3O2S/c1-21-20(23-14-17-8-5-11-26-17)22-13-15-9-10-18(24-2)19(12-15)25-16-6-3-4-7-16/h9-10,12,16-17H,3-8,11,13-14H2,1-2H3,(H2,21,22,23). The average molecular weight is 378 g/mol. The Morgan fingerprint density at radius 3 is 2.69 bits per heavy atom. The second-order valence-corrected chi connectivity index (χ2v) is 8.36. The van der Waals surface area contributed by atoms with Crippen LogP contribution in [-0.2, 0) is 6.54 Å². The SMILES string of the molecule is CN=C(NCc1ccc(OC)c(OC2CCCC2)c1)NCC1CCCS1. The third-order valence-electron chi connectivity index (χ3n) is 5.03. The molecule has 3 rings (SSSR count). The molecule has 0 aromatic heterocycles. The first kappa shape index (κ1) is 19.2. The molecule has 5 nitrogen and oxygen atoms in total. The van der Waals surface area contributed by atoms with Gasteiger partial charge in [0.25, 0.3) is 0 Å². The van der Waals surface area contributed by atoms with Crippen LogP contribution in [0.4, 0.5) is 0 Å². The smallest absolute Gasteiger partial charge is 0.191 e. The zero-order valence-electron chi connectivity index (χ0n) is 15.9. The second-order valence-electron chi connectivity index (χ2n) is 6.95. The predicted molar refractivity (Wildman–Crippen MR) is 110 cm³/mol. The number of benzene rings is 1. The fourth-order valence-corrected chi connectivity index (χ4v) is 4.73. The van der Waals surface area contributed by atoms with Crippen LogP contribution in [-0.4, -0.2) is 43.8 Å². The summed E-state index contributed by atoms with van der Waals surface area (Å²) in [5.41, 5.74) is 1.16. The van der Waals surface area contributed by atoms with E-state index in [0.29, 0.717) is 17.9 Å². The van der Waals surface area contributed by atoms with E-state index >= 15 is 0 Å². The molecule has 0 bridgehead atoms. The number of rotatable bonds is 7. The van der Waals surface area contributed by atoms with Gasteiger partial charge in [0.15, 0.2) is 17.5 Å². The van der Waals surface area contributed by atoms with Gasteiger partial charge in [0.2, 0.25) is 0 Å². The molecule has 1 aromatic carbocycles. The molecule has 2 aliphatic rings. The Morgan fingerprint density at radius 2 is 2.00 bits per heavy atom. The number of nitrogens with zero attached hydrogens (tertiary/aromatic N) is 1. The van der Waals surface area contributed by atoms with Crippen LogP contribution in [0.1, 0.15) is 44.1 Å². The van der Waals surface area contributed by atoms with Crippen molar-refractivity contribution < 1.29 is 9.47 Å². The second kappa shape index (κ2) is 9.95. The molecule has 6 heteroatoms. The van der Waals surface area contributed by atoms with E-state index in [9.17, 15) is 0 Å². The monoisotopic (exact) mass is 377 g/mol. The van der Waals surface area contributed by atoms with Crippen LogP contribution >= 0.6 is 11.8 Å². The van der Waals surface area contributed by atoms with Gasteiger partial charge in [-0.25, -0.2) is 0 Å². The van der Waals surface area contributed by atoms with E-state index in [4.69, 9.17) is 9.47 Å². The zero-order chi connectivity index (χ0) is 18.2. The number of hydrogen-bond acceptors (Lipinski definition) is 4. The van der Waals surface area contributed by atoms with Crippen molar-refractivity contribution in [3.05, 3.63) is 23.8 Å². The molecule has 1 atom stereocenters. The molecule has 1 unspecified atom stereocenters. The first-order valence-corrected chi connectivity index (χ1v) is 10.7. The summed E-state index contributed by atoms with van der Waals surface area (Å²) in [4.78, 5) is 4.33. The van der Waals surface area contributed by atoms with E-state index in [1.807, 2.05) is 13.1 Å². The first-order valence-electron chi connectivity index (χ1n) is 9.68. The van der Waals surface area contributed by atoms with Crippen molar-refractivity contribution in [2.24, 2.45) is 4.99 Å². The highest BCUT2D eigenvalue weighted by Crippen LogP contribution is 2.32. The van der Waals surface area contributed by atoms with Gasteiger partial charge in [0, 0.05) is 25.4 Å². The zero-order valence-corrected chi connectivity index (χ0v) is 16.7. The Kier molecular flexibility index (Phi) is 7.35. The van der Waals surface area contributed by atoms with Gasteiger partial charge in [-0.05, 0) is 62.0 Å². The molecule has 1 saturated carbocycles. The number of guanidine groups is 1. The molecule has 1 heterocycles. The lowest BCUT2D eigenvalue weighted by Crippen LogP contribution is -2.39. The predicted octanol–water partition coefficient (Wildman–Crippen LogP) is 3.58. The van der Waals surface area contributed by atoms with Crippen LogP contribution < -0.4 is 20.1 Å². The Hall–Kier alpha value is -1.56. The maximum Gasteiger partial charge on any atom is 0.191 e. The quantitative estimate of drug-likeness (QED) is 0.562. The van der Waals surface area contributed by atoms with E-state index in [2.05, 4.69) is 39.5 Å². The van der Waals surface area contributed by atoms with Gasteiger partial charge in [-0.2, -0.15) is 11.8 Å². The largest absolute Gasteiger partial charge is 0.493 e. The lowest BCUT2D eigenvalue weighted by atomic mass is 10.2. The molecule has 0 radical (unpaired) electrons. The molecule has 26 heavy (non-hydrogen) atoms. The van der Waals surface area contributed by atoms with Crippen LogP contribution in [0.5, 0.6) is 11.5 Å². The number of hydrogen-bond donors (Lipinski definition) is 2. The molecule has 144 valence electrons. The third-order valence-corrected chi connectivity index (χ3v) is 6.43. The summed E-state index contributed by atoms with van der Waals surface area (Å²) < 4.78 is 11.7. The Balaban J connectivity index is 1.54. The van der Waals surface area contributed by atoms with Crippen LogP contribution in [0.15, 0.2) is 23.2 Å². The van der Waals surface area contributed by atoms with Gasteiger partial charge in [0.05, 0.1) is 13.2 Å². The van der Waals surface area contributed by atoms with Crippen molar-refractivity contribution in [3.63, 3.8) is 0 Å². The summed E-state index contributed by atoms with van der Waals surface area (Å²) >= 11 is 2.05. The number of methoxy groups -OCH3 is 1. The summed E-state index contributed by atoms with van der Waals surface area (Å²) in [6.07, 6.45) is 7.76. The number of thioether (sulfide) groups is 1. The molecule has 1 aliphatic heterocycles. The summed E-state index contributed by atoms with van der Waals surface area (Å²) in [5, 5.41) is 7.55. The maximum atomic E-state index is 6.18. The summed E-state index contributed by atoms with van der Waals surface area (Å²) in [7, 11) is 3.52. The van der Waals surface area contributed by atoms with Crippen molar-refractivity contribution in [2.45, 2.75) is 56.4 Å². The van der Waals surface area contributed by atoms with Gasteiger partial charge in [0.1, 0.15) is 0 Å². The maximum absolute atomic E-state index is 6.18. The van der Waals surface area contributed by atoms with Crippen LogP contribution in [0.3, 0.4) is 0 Å². The van der Waals surface area contributed by atoms with E-state index in [1.165, 1.54) is 31.4 Å². The van der Waals surface area contributed by atoms with E-state index in [0.717, 1.165) is 42.4 Å². The lowest BCUT2D eigenvalue weighted by Gasteiger charge is -2.18. The first-order chi connectivity index (χ1) is 12.8. The van der Waals surface area contributed by atoms with E-state index < -0.39 is 0 Å². The van der Waals surface area contributed by atoms with Crippen molar-refractivity contribution in [3.8, 4) is 11.5 Å².